The van der Waals surface area contributed by atoms with Crippen molar-refractivity contribution >= 4 is 35.3 Å². The predicted molar refractivity (Wildman–Crippen MR) is 127 cm³/mol. The minimum Gasteiger partial charge on any atom is -0.507 e. The maximum atomic E-state index is 11.7. The molecule has 2 N–H and O–H groups in total. The van der Waals surface area contributed by atoms with Crippen LogP contribution in [0.5, 0.6) is 11.5 Å². The molecule has 0 radical (unpaired) electrons. The molecule has 31 heavy (non-hydrogen) atoms. The molecule has 2 rings (SSSR count). The number of phenolic OH excluding ortho intramolecular Hbond substituents is 1. The number of hydrogen-bond donors (Lipinski definition) is 2. The largest absolute Gasteiger partial charge is 0.507 e. The summed E-state index contributed by atoms with van der Waals surface area (Å²) in [4.78, 5) is 22.2. The Labute approximate surface area is 193 Å². The number of hydrogen-bond acceptors (Lipinski definition) is 7. The van der Waals surface area contributed by atoms with Gasteiger partial charge in [-0.25, -0.2) is 0 Å². The minimum atomic E-state index is -0.777. The first-order valence-corrected chi connectivity index (χ1v) is 12.9. The van der Waals surface area contributed by atoms with Crippen LogP contribution in [0.15, 0.2) is 12.1 Å². The lowest BCUT2D eigenvalue weighted by molar-refractivity contribution is -0.138. The summed E-state index contributed by atoms with van der Waals surface area (Å²) in [5.41, 5.74) is 1.05. The fourth-order valence-electron chi connectivity index (χ4n) is 3.58. The standard InChI is InChI=1S/C23H34O6S2/c1-4-7-19-20(9-8-18(16(3)24)22(19)27)28-12-6-13-30-15-17-14-29-23(5-2,31-17)11-10-21(25)26/h8-9,17,27H,4-7,10-15H2,1-3H3,(H,25,26)/t17-,23+/m1/s1. The summed E-state index contributed by atoms with van der Waals surface area (Å²) in [6.07, 6.45) is 3.90. The first-order valence-electron chi connectivity index (χ1n) is 10.9. The smallest absolute Gasteiger partial charge is 0.303 e. The van der Waals surface area contributed by atoms with Gasteiger partial charge in [-0.05, 0) is 50.5 Å². The van der Waals surface area contributed by atoms with Crippen molar-refractivity contribution < 1.29 is 29.3 Å². The summed E-state index contributed by atoms with van der Waals surface area (Å²) >= 11 is 3.63. The molecule has 1 aromatic rings. The summed E-state index contributed by atoms with van der Waals surface area (Å²) in [6, 6.07) is 3.41. The quantitative estimate of drug-likeness (QED) is 0.285. The molecule has 0 unspecified atom stereocenters. The number of aliphatic carboxylic acids is 1. The van der Waals surface area contributed by atoms with Crippen molar-refractivity contribution in [3.05, 3.63) is 23.3 Å². The van der Waals surface area contributed by atoms with Crippen LogP contribution in [-0.2, 0) is 16.0 Å². The molecule has 174 valence electrons. The van der Waals surface area contributed by atoms with E-state index in [1.165, 1.54) is 6.92 Å². The lowest BCUT2D eigenvalue weighted by atomic mass is 10.0. The predicted octanol–water partition coefficient (Wildman–Crippen LogP) is 5.15. The van der Waals surface area contributed by atoms with Gasteiger partial charge < -0.3 is 19.7 Å². The van der Waals surface area contributed by atoms with E-state index in [0.717, 1.165) is 30.8 Å². The van der Waals surface area contributed by atoms with Gasteiger partial charge in [0.2, 0.25) is 0 Å². The van der Waals surface area contributed by atoms with Crippen LogP contribution in [0.2, 0.25) is 0 Å². The highest BCUT2D eigenvalue weighted by molar-refractivity contribution is 8.04. The number of ketones is 1. The number of carboxylic acid groups (broad SMARTS) is 1. The second-order valence-electron chi connectivity index (χ2n) is 7.73. The summed E-state index contributed by atoms with van der Waals surface area (Å²) in [7, 11) is 0. The van der Waals surface area contributed by atoms with Gasteiger partial charge in [-0.2, -0.15) is 11.8 Å². The molecule has 6 nitrogen and oxygen atoms in total. The normalized spacial score (nSPS) is 20.7. The van der Waals surface area contributed by atoms with Crippen LogP contribution >= 0.6 is 23.5 Å². The Bertz CT molecular complexity index is 754. The number of rotatable bonds is 14. The molecule has 0 aliphatic carbocycles. The number of benzene rings is 1. The van der Waals surface area contributed by atoms with Gasteiger partial charge in [0.25, 0.3) is 0 Å². The highest BCUT2D eigenvalue weighted by Crippen LogP contribution is 2.44. The number of carbonyl (C=O) groups excluding carboxylic acids is 1. The Kier molecular flexibility index (Phi) is 10.5. The molecule has 1 heterocycles. The third-order valence-corrected chi connectivity index (χ3v) is 8.39. The third kappa shape index (κ3) is 7.61. The average molecular weight is 471 g/mol. The van der Waals surface area contributed by atoms with E-state index in [4.69, 9.17) is 14.6 Å². The molecule has 1 saturated heterocycles. The van der Waals surface area contributed by atoms with Crippen LogP contribution < -0.4 is 4.74 Å². The highest BCUT2D eigenvalue weighted by atomic mass is 32.2. The van der Waals surface area contributed by atoms with E-state index in [1.54, 1.807) is 23.9 Å². The van der Waals surface area contributed by atoms with E-state index in [0.29, 0.717) is 48.2 Å². The van der Waals surface area contributed by atoms with Gasteiger partial charge in [-0.1, -0.05) is 20.3 Å². The molecule has 1 aliphatic heterocycles. The van der Waals surface area contributed by atoms with E-state index in [1.807, 2.05) is 18.7 Å². The average Bonchev–Trinajstić information content (AvgIpc) is 3.15. The summed E-state index contributed by atoms with van der Waals surface area (Å²) in [6.45, 7) is 6.75. The van der Waals surface area contributed by atoms with Gasteiger partial charge in [0.15, 0.2) is 5.78 Å². The van der Waals surface area contributed by atoms with Crippen LogP contribution in [0.4, 0.5) is 0 Å². The SMILES string of the molecule is CCCc1c(OCCCSC[C@H]2CO[C@](CC)(CCC(=O)O)S2)ccc(C(C)=O)c1O. The zero-order valence-electron chi connectivity index (χ0n) is 18.6. The van der Waals surface area contributed by atoms with Gasteiger partial charge in [0, 0.05) is 23.0 Å². The van der Waals surface area contributed by atoms with Crippen LogP contribution in [0.25, 0.3) is 0 Å². The van der Waals surface area contributed by atoms with Crippen LogP contribution in [0, 0.1) is 0 Å². The van der Waals surface area contributed by atoms with Crippen LogP contribution in [0.1, 0.15) is 68.8 Å². The van der Waals surface area contributed by atoms with E-state index >= 15 is 0 Å². The van der Waals surface area contributed by atoms with Gasteiger partial charge in [0.1, 0.15) is 16.4 Å². The molecule has 1 aliphatic rings. The van der Waals surface area contributed by atoms with Crippen molar-refractivity contribution in [1.82, 2.24) is 0 Å². The molecule has 8 heteroatoms. The zero-order valence-corrected chi connectivity index (χ0v) is 20.3. The molecule has 1 aromatic carbocycles. The van der Waals surface area contributed by atoms with E-state index < -0.39 is 5.97 Å². The highest BCUT2D eigenvalue weighted by Gasteiger charge is 2.39. The number of Topliss-reactive ketones (excluding diaryl/α,β-unsaturated/α-hetero) is 1. The second-order valence-corrected chi connectivity index (χ2v) is 10.5. The fraction of sp³-hybridized carbons (Fsp3) is 0.652. The second kappa shape index (κ2) is 12.6. The number of phenols is 1. The van der Waals surface area contributed by atoms with Gasteiger partial charge >= 0.3 is 5.97 Å². The van der Waals surface area contributed by atoms with Crippen molar-refractivity contribution in [3.63, 3.8) is 0 Å². The fourth-order valence-corrected chi connectivity index (χ4v) is 6.25. The molecular formula is C23H34O6S2. The lowest BCUT2D eigenvalue weighted by Crippen LogP contribution is -2.24. The molecule has 2 atom stereocenters. The Morgan fingerprint density at radius 3 is 2.77 bits per heavy atom. The lowest BCUT2D eigenvalue weighted by Gasteiger charge is -2.25. The van der Waals surface area contributed by atoms with E-state index in [2.05, 4.69) is 6.92 Å². The van der Waals surface area contributed by atoms with Crippen molar-refractivity contribution in [3.8, 4) is 11.5 Å². The number of carbonyl (C=O) groups is 2. The van der Waals surface area contributed by atoms with Gasteiger partial charge in [-0.15, -0.1) is 11.8 Å². The maximum absolute atomic E-state index is 11.7. The zero-order chi connectivity index (χ0) is 22.9. The Hall–Kier alpha value is -1.38. The molecule has 0 amide bonds. The summed E-state index contributed by atoms with van der Waals surface area (Å²) < 4.78 is 11.9. The third-order valence-electron chi connectivity index (χ3n) is 5.29. The van der Waals surface area contributed by atoms with E-state index in [9.17, 15) is 14.7 Å². The van der Waals surface area contributed by atoms with Crippen molar-refractivity contribution in [2.75, 3.05) is 24.7 Å². The summed E-state index contributed by atoms with van der Waals surface area (Å²) in [5.74, 6) is 1.69. The monoisotopic (exact) mass is 470 g/mol. The summed E-state index contributed by atoms with van der Waals surface area (Å²) in [5, 5.41) is 19.7. The van der Waals surface area contributed by atoms with Crippen LogP contribution in [-0.4, -0.2) is 56.9 Å². The van der Waals surface area contributed by atoms with Crippen molar-refractivity contribution in [2.45, 2.75) is 69.5 Å². The van der Waals surface area contributed by atoms with Crippen molar-refractivity contribution in [1.29, 1.82) is 0 Å². The first kappa shape index (κ1) is 25.9. The molecule has 0 spiro atoms. The Morgan fingerprint density at radius 1 is 1.35 bits per heavy atom. The van der Waals surface area contributed by atoms with E-state index in [-0.39, 0.29) is 22.9 Å². The topological polar surface area (TPSA) is 93.1 Å². The molecule has 0 saturated carbocycles. The number of thioether (sulfide) groups is 2. The van der Waals surface area contributed by atoms with Crippen molar-refractivity contribution in [2.24, 2.45) is 0 Å². The number of aromatic hydroxyl groups is 1. The number of carboxylic acids is 1. The molecular weight excluding hydrogens is 436 g/mol. The maximum Gasteiger partial charge on any atom is 0.303 e. The Balaban J connectivity index is 1.74. The molecule has 0 aromatic heterocycles. The van der Waals surface area contributed by atoms with Crippen LogP contribution in [0.3, 0.4) is 0 Å². The van der Waals surface area contributed by atoms with Gasteiger partial charge in [0.05, 0.1) is 18.8 Å². The number of ether oxygens (including phenoxy) is 2. The van der Waals surface area contributed by atoms with Gasteiger partial charge in [-0.3, -0.25) is 9.59 Å². The molecule has 0 bridgehead atoms. The Morgan fingerprint density at radius 2 is 2.13 bits per heavy atom. The minimum absolute atomic E-state index is 0.0433. The molecule has 1 fully saturated rings. The first-order chi connectivity index (χ1) is 14.8.